The van der Waals surface area contributed by atoms with Crippen LogP contribution in [0.3, 0.4) is 0 Å². The molecule has 3 aromatic carbocycles. The van der Waals surface area contributed by atoms with E-state index in [4.69, 9.17) is 16.3 Å². The van der Waals surface area contributed by atoms with Gasteiger partial charge in [-0.25, -0.2) is 0 Å². The molecule has 198 valence electrons. The van der Waals surface area contributed by atoms with Gasteiger partial charge >= 0.3 is 0 Å². The van der Waals surface area contributed by atoms with Crippen LogP contribution in [0.1, 0.15) is 42.9 Å². The largest absolute Gasteiger partial charge is 0.484 e. The van der Waals surface area contributed by atoms with Crippen LogP contribution in [0.15, 0.2) is 66.7 Å². The molecule has 1 aliphatic heterocycles. The molecule has 1 saturated heterocycles. The van der Waals surface area contributed by atoms with Crippen molar-refractivity contribution in [3.05, 3.63) is 88.4 Å². The molecule has 0 saturated carbocycles. The van der Waals surface area contributed by atoms with Crippen molar-refractivity contribution in [1.82, 2.24) is 5.32 Å². The zero-order valence-corrected chi connectivity index (χ0v) is 22.5. The Balaban J connectivity index is 1.25. The Morgan fingerprint density at radius 2 is 1.76 bits per heavy atom. The summed E-state index contributed by atoms with van der Waals surface area (Å²) >= 11 is 6.10. The molecular formula is C30H32ClN3O4. The number of aryl methyl sites for hydroxylation is 1. The number of rotatable bonds is 9. The van der Waals surface area contributed by atoms with Crippen LogP contribution in [0.5, 0.6) is 5.75 Å². The summed E-state index contributed by atoms with van der Waals surface area (Å²) in [7, 11) is 0. The fourth-order valence-electron chi connectivity index (χ4n) is 4.23. The minimum atomic E-state index is -0.410. The summed E-state index contributed by atoms with van der Waals surface area (Å²) in [5.74, 6) is 0.000268. The maximum absolute atomic E-state index is 12.7. The number of nitrogens with zero attached hydrogens (tertiary/aromatic N) is 1. The SMILES string of the molecule is Cc1ccc(NC(=O)COc2ccc(N3C[C@@H](C(=O)NCc4ccc(C(C)C)cc4)CC3=O)cc2)cc1Cl. The molecule has 3 amide bonds. The number of nitrogens with one attached hydrogen (secondary N) is 2. The molecule has 4 rings (SSSR count). The summed E-state index contributed by atoms with van der Waals surface area (Å²) in [6.45, 7) is 6.75. The highest BCUT2D eigenvalue weighted by molar-refractivity contribution is 6.31. The van der Waals surface area contributed by atoms with E-state index in [0.29, 0.717) is 41.2 Å². The van der Waals surface area contributed by atoms with Crippen LogP contribution >= 0.6 is 11.6 Å². The number of carbonyl (C=O) groups is 3. The van der Waals surface area contributed by atoms with Crippen LogP contribution in [0.2, 0.25) is 5.02 Å². The van der Waals surface area contributed by atoms with Crippen molar-refractivity contribution < 1.29 is 19.1 Å². The van der Waals surface area contributed by atoms with Gasteiger partial charge in [0.15, 0.2) is 6.61 Å². The fourth-order valence-corrected chi connectivity index (χ4v) is 4.41. The average molecular weight is 534 g/mol. The Labute approximate surface area is 228 Å². The van der Waals surface area contributed by atoms with Gasteiger partial charge in [0.25, 0.3) is 5.91 Å². The molecule has 0 bridgehead atoms. The Morgan fingerprint density at radius 1 is 1.05 bits per heavy atom. The lowest BCUT2D eigenvalue weighted by Gasteiger charge is -2.17. The predicted molar refractivity (Wildman–Crippen MR) is 150 cm³/mol. The second-order valence-corrected chi connectivity index (χ2v) is 10.2. The van der Waals surface area contributed by atoms with Crippen LogP contribution in [0, 0.1) is 12.8 Å². The molecule has 2 N–H and O–H groups in total. The van der Waals surface area contributed by atoms with Crippen LogP contribution < -0.4 is 20.3 Å². The van der Waals surface area contributed by atoms with Crippen LogP contribution in [0.4, 0.5) is 11.4 Å². The number of benzene rings is 3. The van der Waals surface area contributed by atoms with Gasteiger partial charge in [0, 0.05) is 35.9 Å². The quantitative estimate of drug-likeness (QED) is 0.382. The van der Waals surface area contributed by atoms with Crippen molar-refractivity contribution in [1.29, 1.82) is 0 Å². The topological polar surface area (TPSA) is 87.7 Å². The maximum Gasteiger partial charge on any atom is 0.262 e. The summed E-state index contributed by atoms with van der Waals surface area (Å²) < 4.78 is 5.58. The zero-order chi connectivity index (χ0) is 27.2. The molecule has 1 atom stereocenters. The second-order valence-electron chi connectivity index (χ2n) is 9.81. The highest BCUT2D eigenvalue weighted by atomic mass is 35.5. The van der Waals surface area contributed by atoms with E-state index in [1.54, 1.807) is 41.3 Å². The highest BCUT2D eigenvalue weighted by Gasteiger charge is 2.35. The van der Waals surface area contributed by atoms with Crippen LogP contribution in [-0.4, -0.2) is 30.9 Å². The smallest absolute Gasteiger partial charge is 0.262 e. The van der Waals surface area contributed by atoms with Gasteiger partial charge in [0.05, 0.1) is 5.92 Å². The number of carbonyl (C=O) groups excluding carboxylic acids is 3. The normalized spacial score (nSPS) is 15.0. The van der Waals surface area contributed by atoms with E-state index < -0.39 is 5.92 Å². The van der Waals surface area contributed by atoms with Gasteiger partial charge in [-0.2, -0.15) is 0 Å². The van der Waals surface area contributed by atoms with Gasteiger partial charge in [-0.05, 0) is 65.9 Å². The van der Waals surface area contributed by atoms with E-state index in [1.165, 1.54) is 5.56 Å². The Morgan fingerprint density at radius 3 is 2.42 bits per heavy atom. The van der Waals surface area contributed by atoms with E-state index in [-0.39, 0.29) is 30.7 Å². The molecule has 38 heavy (non-hydrogen) atoms. The molecule has 1 aliphatic rings. The molecule has 1 heterocycles. The molecule has 8 heteroatoms. The van der Waals surface area contributed by atoms with Crippen molar-refractivity contribution in [3.63, 3.8) is 0 Å². The van der Waals surface area contributed by atoms with Gasteiger partial charge in [-0.15, -0.1) is 0 Å². The number of hydrogen-bond donors (Lipinski definition) is 2. The Bertz CT molecular complexity index is 1310. The third kappa shape index (κ3) is 6.92. The number of amides is 3. The molecule has 0 aromatic heterocycles. The van der Waals surface area contributed by atoms with Gasteiger partial charge in [-0.1, -0.05) is 55.8 Å². The third-order valence-corrected chi connectivity index (χ3v) is 6.99. The third-order valence-electron chi connectivity index (χ3n) is 6.58. The van der Waals surface area contributed by atoms with Crippen molar-refractivity contribution in [2.75, 3.05) is 23.4 Å². The first-order valence-corrected chi connectivity index (χ1v) is 13.0. The number of halogens is 1. The summed E-state index contributed by atoms with van der Waals surface area (Å²) in [4.78, 5) is 39.2. The predicted octanol–water partition coefficient (Wildman–Crippen LogP) is 5.46. The van der Waals surface area contributed by atoms with Crippen LogP contribution in [0.25, 0.3) is 0 Å². The fraction of sp³-hybridized carbons (Fsp3) is 0.300. The summed E-state index contributed by atoms with van der Waals surface area (Å²) in [5.41, 5.74) is 4.48. The van der Waals surface area contributed by atoms with Crippen LogP contribution in [-0.2, 0) is 20.9 Å². The lowest BCUT2D eigenvalue weighted by molar-refractivity contribution is -0.126. The van der Waals surface area contributed by atoms with Crippen molar-refractivity contribution in [2.45, 2.75) is 39.7 Å². The van der Waals surface area contributed by atoms with E-state index >= 15 is 0 Å². The van der Waals surface area contributed by atoms with E-state index in [1.807, 2.05) is 25.1 Å². The van der Waals surface area contributed by atoms with Gasteiger partial charge in [-0.3, -0.25) is 14.4 Å². The van der Waals surface area contributed by atoms with E-state index in [9.17, 15) is 14.4 Å². The molecule has 0 aliphatic carbocycles. The molecule has 3 aromatic rings. The number of anilines is 2. The second kappa shape index (κ2) is 12.1. The summed E-state index contributed by atoms with van der Waals surface area (Å²) in [5, 5.41) is 6.28. The first kappa shape index (κ1) is 27.2. The van der Waals surface area contributed by atoms with Gasteiger partial charge in [0.2, 0.25) is 11.8 Å². The molecule has 1 fully saturated rings. The summed E-state index contributed by atoms with van der Waals surface area (Å²) in [6, 6.07) is 20.4. The van der Waals surface area contributed by atoms with Crippen molar-refractivity contribution >= 4 is 40.7 Å². The zero-order valence-electron chi connectivity index (χ0n) is 21.8. The minimum absolute atomic E-state index is 0.101. The maximum atomic E-state index is 12.7. The standard InChI is InChI=1S/C30H32ClN3O4/c1-19(2)22-7-5-21(6-8-22)16-32-30(37)23-14-29(36)34(17-23)25-10-12-26(13-11-25)38-18-28(35)33-24-9-4-20(3)27(31)15-24/h4-13,15,19,23H,14,16-18H2,1-3H3,(H,32,37)(H,33,35)/t23-/m0/s1. The molecular weight excluding hydrogens is 502 g/mol. The lowest BCUT2D eigenvalue weighted by atomic mass is 10.0. The van der Waals surface area contributed by atoms with Gasteiger partial charge < -0.3 is 20.3 Å². The molecule has 7 nitrogen and oxygen atoms in total. The Kier molecular flexibility index (Phi) is 8.69. The monoisotopic (exact) mass is 533 g/mol. The lowest BCUT2D eigenvalue weighted by Crippen LogP contribution is -2.32. The average Bonchev–Trinajstić information content (AvgIpc) is 3.30. The highest BCUT2D eigenvalue weighted by Crippen LogP contribution is 2.27. The van der Waals surface area contributed by atoms with E-state index in [2.05, 4.69) is 36.6 Å². The van der Waals surface area contributed by atoms with Crippen molar-refractivity contribution in [2.24, 2.45) is 5.92 Å². The van der Waals surface area contributed by atoms with Crippen molar-refractivity contribution in [3.8, 4) is 5.75 Å². The van der Waals surface area contributed by atoms with Gasteiger partial charge in [0.1, 0.15) is 5.75 Å². The Hall–Kier alpha value is -3.84. The summed E-state index contributed by atoms with van der Waals surface area (Å²) in [6.07, 6.45) is 0.166. The number of ether oxygens (including phenoxy) is 1. The minimum Gasteiger partial charge on any atom is -0.484 e. The molecule has 0 unspecified atom stereocenters. The first-order chi connectivity index (χ1) is 18.2. The first-order valence-electron chi connectivity index (χ1n) is 12.7. The number of hydrogen-bond acceptors (Lipinski definition) is 4. The van der Waals surface area contributed by atoms with E-state index in [0.717, 1.165) is 11.1 Å². The molecule has 0 spiro atoms. The molecule has 0 radical (unpaired) electrons.